The Morgan fingerprint density at radius 3 is 2.62 bits per heavy atom. The smallest absolute Gasteiger partial charge is 0.191 e. The van der Waals surface area contributed by atoms with Gasteiger partial charge < -0.3 is 10.6 Å². The number of hydrogen-bond acceptors (Lipinski definition) is 3. The van der Waals surface area contributed by atoms with Gasteiger partial charge in [-0.2, -0.15) is 5.10 Å². The lowest BCUT2D eigenvalue weighted by molar-refractivity contribution is 0.391. The molecule has 4 rings (SSSR count). The quantitative estimate of drug-likeness (QED) is 0.372. The molecule has 3 atom stereocenters. The number of nitrogens with one attached hydrogen (secondary N) is 2. The lowest BCUT2D eigenvalue weighted by Crippen LogP contribution is -2.47. The zero-order valence-electron chi connectivity index (χ0n) is 16.8. The van der Waals surface area contributed by atoms with E-state index >= 15 is 0 Å². The van der Waals surface area contributed by atoms with Crippen LogP contribution in [0.5, 0.6) is 0 Å². The van der Waals surface area contributed by atoms with Gasteiger partial charge in [-0.05, 0) is 25.0 Å². The molecule has 2 N–H and O–H groups in total. The van der Waals surface area contributed by atoms with Crippen LogP contribution in [0.2, 0.25) is 0 Å². The van der Waals surface area contributed by atoms with Crippen LogP contribution < -0.4 is 10.6 Å². The van der Waals surface area contributed by atoms with Gasteiger partial charge in [-0.25, -0.2) is 18.4 Å². The topological polar surface area (TPSA) is 67.1 Å². The van der Waals surface area contributed by atoms with Crippen LogP contribution in [-0.4, -0.2) is 39.9 Å². The van der Waals surface area contributed by atoms with E-state index in [2.05, 4.69) is 39.6 Å². The number of aryl methyl sites for hydroxylation is 1. The van der Waals surface area contributed by atoms with Crippen LogP contribution in [0.25, 0.3) is 0 Å². The van der Waals surface area contributed by atoms with E-state index in [0.717, 1.165) is 31.0 Å². The average Bonchev–Trinajstić information content (AvgIpc) is 3.25. The van der Waals surface area contributed by atoms with Crippen molar-refractivity contribution in [2.45, 2.75) is 63.6 Å². The van der Waals surface area contributed by atoms with Crippen molar-refractivity contribution in [3.05, 3.63) is 47.0 Å². The van der Waals surface area contributed by atoms with Gasteiger partial charge in [0.05, 0.1) is 6.54 Å². The van der Waals surface area contributed by atoms with Gasteiger partial charge in [-0.15, -0.1) is 24.0 Å². The number of fused-ring (bicyclic) bond motifs is 1. The summed E-state index contributed by atoms with van der Waals surface area (Å²) in [5.74, 6) is 1.74. The number of benzene rings is 1. The molecular formula is C20H27F2IN6. The van der Waals surface area contributed by atoms with Crippen LogP contribution in [0.15, 0.2) is 23.2 Å². The molecule has 2 aliphatic rings. The summed E-state index contributed by atoms with van der Waals surface area (Å²) in [6.45, 7) is 4.91. The Morgan fingerprint density at radius 2 is 1.97 bits per heavy atom. The first-order valence-electron chi connectivity index (χ1n) is 9.83. The monoisotopic (exact) mass is 516 g/mol. The fourth-order valence-electron chi connectivity index (χ4n) is 3.77. The van der Waals surface area contributed by atoms with Crippen LogP contribution in [0.3, 0.4) is 0 Å². The molecule has 2 aromatic rings. The summed E-state index contributed by atoms with van der Waals surface area (Å²) in [5, 5.41) is 11.3. The van der Waals surface area contributed by atoms with Crippen molar-refractivity contribution >= 4 is 29.9 Å². The van der Waals surface area contributed by atoms with Gasteiger partial charge in [0.15, 0.2) is 11.8 Å². The molecule has 0 amide bonds. The molecule has 1 saturated carbocycles. The maximum atomic E-state index is 14.0. The highest BCUT2D eigenvalue weighted by Gasteiger charge is 2.42. The molecule has 0 saturated heterocycles. The minimum Gasteiger partial charge on any atom is -0.353 e. The summed E-state index contributed by atoms with van der Waals surface area (Å²) in [6, 6.07) is 4.18. The Balaban J connectivity index is 0.00000240. The third kappa shape index (κ3) is 4.70. The van der Waals surface area contributed by atoms with E-state index in [1.807, 2.05) is 4.68 Å². The number of guanidine groups is 1. The van der Waals surface area contributed by atoms with Crippen molar-refractivity contribution in [3.63, 3.8) is 0 Å². The Labute approximate surface area is 186 Å². The lowest BCUT2D eigenvalue weighted by Gasteiger charge is -2.25. The van der Waals surface area contributed by atoms with E-state index in [-0.39, 0.29) is 47.5 Å². The van der Waals surface area contributed by atoms with Gasteiger partial charge in [-0.1, -0.05) is 19.9 Å². The summed E-state index contributed by atoms with van der Waals surface area (Å²) in [6.07, 6.45) is 2.49. The number of aromatic nitrogens is 3. The second-order valence-electron chi connectivity index (χ2n) is 7.90. The minimum absolute atomic E-state index is 0. The van der Waals surface area contributed by atoms with Gasteiger partial charge in [0.2, 0.25) is 0 Å². The fraction of sp³-hybridized carbons (Fsp3) is 0.550. The Bertz CT molecular complexity index is 877. The molecule has 1 aromatic heterocycles. The standard InChI is InChI=1S/C20H26F2N6.HI/c1-11(2)19-26-17-8-7-12(10-28(17)27-19)24-20(23-3)25-16-9-13(16)18-14(21)5-4-6-15(18)22;/h4-6,11-13,16H,7-10H2,1-3H3,(H2,23,24,25);1H. The zero-order chi connectivity index (χ0) is 19.8. The van der Waals surface area contributed by atoms with Gasteiger partial charge >= 0.3 is 0 Å². The fourth-order valence-corrected chi connectivity index (χ4v) is 3.77. The highest BCUT2D eigenvalue weighted by Crippen LogP contribution is 2.43. The van der Waals surface area contributed by atoms with Crippen molar-refractivity contribution in [2.24, 2.45) is 4.99 Å². The van der Waals surface area contributed by atoms with Crippen LogP contribution in [0.1, 0.15) is 55.7 Å². The third-order valence-corrected chi connectivity index (χ3v) is 5.44. The predicted octanol–water partition coefficient (Wildman–Crippen LogP) is 3.33. The Kier molecular flexibility index (Phi) is 6.75. The first kappa shape index (κ1) is 21.9. The summed E-state index contributed by atoms with van der Waals surface area (Å²) in [7, 11) is 1.71. The second-order valence-corrected chi connectivity index (χ2v) is 7.90. The molecule has 0 bridgehead atoms. The van der Waals surface area contributed by atoms with Crippen molar-refractivity contribution in [3.8, 4) is 0 Å². The Morgan fingerprint density at radius 1 is 1.24 bits per heavy atom. The molecule has 0 radical (unpaired) electrons. The number of aliphatic imine (C=N–C) groups is 1. The molecule has 29 heavy (non-hydrogen) atoms. The van der Waals surface area contributed by atoms with E-state index in [0.29, 0.717) is 18.3 Å². The molecule has 1 fully saturated rings. The normalized spacial score (nSPS) is 23.4. The molecule has 158 valence electrons. The number of nitrogens with zero attached hydrogens (tertiary/aromatic N) is 4. The lowest BCUT2D eigenvalue weighted by atomic mass is 10.1. The van der Waals surface area contributed by atoms with E-state index in [9.17, 15) is 8.78 Å². The Hall–Kier alpha value is -1.78. The number of halogens is 3. The minimum atomic E-state index is -0.482. The summed E-state index contributed by atoms with van der Waals surface area (Å²) in [5.41, 5.74) is 0.168. The molecule has 6 nitrogen and oxygen atoms in total. The number of hydrogen-bond donors (Lipinski definition) is 2. The first-order chi connectivity index (χ1) is 13.5. The molecular weight excluding hydrogens is 489 g/mol. The van der Waals surface area contributed by atoms with Crippen molar-refractivity contribution in [2.75, 3.05) is 7.05 Å². The third-order valence-electron chi connectivity index (χ3n) is 5.44. The molecule has 9 heteroatoms. The summed E-state index contributed by atoms with van der Waals surface area (Å²) < 4.78 is 29.9. The SMILES string of the molecule is CN=C(NC1CCc2nc(C(C)C)nn2C1)NC1CC1c1c(F)cccc1F.I. The van der Waals surface area contributed by atoms with Gasteiger partial charge in [-0.3, -0.25) is 4.99 Å². The molecule has 1 aliphatic carbocycles. The predicted molar refractivity (Wildman–Crippen MR) is 119 cm³/mol. The molecule has 1 aliphatic heterocycles. The summed E-state index contributed by atoms with van der Waals surface area (Å²) >= 11 is 0. The largest absolute Gasteiger partial charge is 0.353 e. The highest BCUT2D eigenvalue weighted by atomic mass is 127. The number of rotatable bonds is 4. The first-order valence-corrected chi connectivity index (χ1v) is 9.83. The van der Waals surface area contributed by atoms with E-state index in [4.69, 9.17) is 0 Å². The maximum absolute atomic E-state index is 14.0. The van der Waals surface area contributed by atoms with Crippen molar-refractivity contribution in [1.29, 1.82) is 0 Å². The van der Waals surface area contributed by atoms with E-state index in [1.165, 1.54) is 18.2 Å². The van der Waals surface area contributed by atoms with Crippen molar-refractivity contribution < 1.29 is 8.78 Å². The molecule has 1 aromatic carbocycles. The van der Waals surface area contributed by atoms with Crippen LogP contribution in [0, 0.1) is 11.6 Å². The van der Waals surface area contributed by atoms with Crippen LogP contribution in [0.4, 0.5) is 8.78 Å². The molecule has 2 heterocycles. The molecule has 0 spiro atoms. The van der Waals surface area contributed by atoms with Crippen LogP contribution >= 0.6 is 24.0 Å². The average molecular weight is 516 g/mol. The van der Waals surface area contributed by atoms with Gasteiger partial charge in [0, 0.05) is 43.0 Å². The van der Waals surface area contributed by atoms with Gasteiger partial charge in [0.1, 0.15) is 17.5 Å². The zero-order valence-corrected chi connectivity index (χ0v) is 19.2. The maximum Gasteiger partial charge on any atom is 0.191 e. The molecule has 3 unspecified atom stereocenters. The van der Waals surface area contributed by atoms with Crippen LogP contribution in [-0.2, 0) is 13.0 Å². The van der Waals surface area contributed by atoms with Gasteiger partial charge in [0.25, 0.3) is 0 Å². The van der Waals surface area contributed by atoms with Crippen molar-refractivity contribution in [1.82, 2.24) is 25.4 Å². The van der Waals surface area contributed by atoms with E-state index < -0.39 is 11.6 Å². The summed E-state index contributed by atoms with van der Waals surface area (Å²) in [4.78, 5) is 8.90. The second kappa shape index (κ2) is 8.93. The highest BCUT2D eigenvalue weighted by molar-refractivity contribution is 14.0. The van der Waals surface area contributed by atoms with E-state index in [1.54, 1.807) is 7.05 Å².